The SMILES string of the molecule is CC(C)C[C@H](NC(=O)[C@H](C)NC(=O)[C@@H](NC(=O)[C@H](CO)NC(=O)[C@@H](NC(=O)[C@@H](N)[C@@H](C)O)[C@@H](C)O)[C@@H](C)O)C(=O)NCC(=O)O. The number of aliphatic hydroxyl groups excluding tert-OH is 4. The maximum absolute atomic E-state index is 12.9. The lowest BCUT2D eigenvalue weighted by Crippen LogP contribution is -2.63. The Labute approximate surface area is 260 Å². The summed E-state index contributed by atoms with van der Waals surface area (Å²) in [4.78, 5) is 86.6. The van der Waals surface area contributed by atoms with Crippen LogP contribution in [-0.4, -0.2) is 135 Å². The molecule has 0 radical (unpaired) electrons. The Morgan fingerprint density at radius 2 is 1.07 bits per heavy atom. The Balaban J connectivity index is 5.53. The van der Waals surface area contributed by atoms with Gasteiger partial charge in [-0.25, -0.2) is 0 Å². The second-order valence-electron chi connectivity index (χ2n) is 11.0. The standard InChI is InChI=1S/C26H47N7O12/c1-10(2)7-15(22(41)28-8-17(38)39)30-21(40)11(3)29-25(44)19(13(5)36)32-23(42)16(9-34)31-26(45)20(14(6)37)33-24(43)18(27)12(4)35/h10-16,18-20,34-37H,7-9,27H2,1-6H3,(H,28,41)(H,29,44)(H,30,40)(H,31,45)(H,32,42)(H,33,43)(H,38,39)/t11-,12+,13+,14+,15-,16-,18-,19-,20-/m0/s1. The van der Waals surface area contributed by atoms with Gasteiger partial charge in [0.1, 0.15) is 42.8 Å². The second kappa shape index (κ2) is 19.5. The predicted molar refractivity (Wildman–Crippen MR) is 156 cm³/mol. The number of carbonyl (C=O) groups is 7. The number of carbonyl (C=O) groups excluding carboxylic acids is 6. The lowest BCUT2D eigenvalue weighted by atomic mass is 10.0. The van der Waals surface area contributed by atoms with Crippen molar-refractivity contribution < 1.29 is 59.1 Å². The highest BCUT2D eigenvalue weighted by Crippen LogP contribution is 2.06. The van der Waals surface area contributed by atoms with Crippen molar-refractivity contribution in [2.75, 3.05) is 13.2 Å². The average molecular weight is 650 g/mol. The van der Waals surface area contributed by atoms with Crippen LogP contribution in [0.1, 0.15) is 48.0 Å². The number of hydrogen-bond acceptors (Lipinski definition) is 12. The van der Waals surface area contributed by atoms with E-state index in [2.05, 4.69) is 31.9 Å². The third kappa shape index (κ3) is 14.6. The highest BCUT2D eigenvalue weighted by molar-refractivity contribution is 5.97. The van der Waals surface area contributed by atoms with Crippen molar-refractivity contribution in [2.24, 2.45) is 11.7 Å². The van der Waals surface area contributed by atoms with Crippen LogP contribution in [0.4, 0.5) is 0 Å². The van der Waals surface area contributed by atoms with Gasteiger partial charge in [-0.3, -0.25) is 33.6 Å². The molecule has 19 heteroatoms. The van der Waals surface area contributed by atoms with E-state index in [4.69, 9.17) is 10.8 Å². The molecule has 6 amide bonds. The minimum Gasteiger partial charge on any atom is -0.480 e. The third-order valence-corrected chi connectivity index (χ3v) is 6.27. The summed E-state index contributed by atoms with van der Waals surface area (Å²) in [5.41, 5.74) is 5.52. The van der Waals surface area contributed by atoms with Crippen molar-refractivity contribution in [1.82, 2.24) is 31.9 Å². The molecule has 0 spiro atoms. The van der Waals surface area contributed by atoms with Gasteiger partial charge in [0.25, 0.3) is 0 Å². The number of hydrogen-bond donors (Lipinski definition) is 12. The fourth-order valence-corrected chi connectivity index (χ4v) is 3.64. The van der Waals surface area contributed by atoms with Crippen LogP contribution in [0, 0.1) is 5.92 Å². The average Bonchev–Trinajstić information content (AvgIpc) is 2.93. The minimum atomic E-state index is -1.74. The van der Waals surface area contributed by atoms with Gasteiger partial charge < -0.3 is 63.2 Å². The van der Waals surface area contributed by atoms with E-state index in [-0.39, 0.29) is 12.3 Å². The molecule has 0 unspecified atom stereocenters. The summed E-state index contributed by atoms with van der Waals surface area (Å²) in [7, 11) is 0. The Morgan fingerprint density at radius 1 is 0.600 bits per heavy atom. The van der Waals surface area contributed by atoms with Crippen molar-refractivity contribution in [3.63, 3.8) is 0 Å². The number of amides is 6. The lowest BCUT2D eigenvalue weighted by Gasteiger charge is -2.28. The zero-order valence-electron chi connectivity index (χ0n) is 26.1. The number of aliphatic carboxylic acids is 1. The Kier molecular flexibility index (Phi) is 17.8. The Morgan fingerprint density at radius 3 is 1.49 bits per heavy atom. The smallest absolute Gasteiger partial charge is 0.322 e. The third-order valence-electron chi connectivity index (χ3n) is 6.27. The molecule has 45 heavy (non-hydrogen) atoms. The van der Waals surface area contributed by atoms with Crippen molar-refractivity contribution in [1.29, 1.82) is 0 Å². The molecule has 0 fully saturated rings. The molecule has 0 aliphatic heterocycles. The van der Waals surface area contributed by atoms with E-state index < -0.39 is 109 Å². The topological polar surface area (TPSA) is 319 Å². The highest BCUT2D eigenvalue weighted by Gasteiger charge is 2.35. The van der Waals surface area contributed by atoms with Gasteiger partial charge in [-0.2, -0.15) is 0 Å². The van der Waals surface area contributed by atoms with Crippen LogP contribution in [0.5, 0.6) is 0 Å². The summed E-state index contributed by atoms with van der Waals surface area (Å²) in [5.74, 6) is -7.30. The first-order valence-electron chi connectivity index (χ1n) is 14.1. The summed E-state index contributed by atoms with van der Waals surface area (Å²) >= 11 is 0. The van der Waals surface area contributed by atoms with Crippen LogP contribution in [0.25, 0.3) is 0 Å². The molecule has 0 aromatic rings. The molecule has 0 bridgehead atoms. The van der Waals surface area contributed by atoms with Crippen LogP contribution >= 0.6 is 0 Å². The fourth-order valence-electron chi connectivity index (χ4n) is 3.64. The molecule has 0 aromatic heterocycles. The summed E-state index contributed by atoms with van der Waals surface area (Å²) < 4.78 is 0. The number of aliphatic hydroxyl groups is 4. The van der Waals surface area contributed by atoms with E-state index in [1.807, 2.05) is 0 Å². The van der Waals surface area contributed by atoms with Crippen LogP contribution in [-0.2, 0) is 33.6 Å². The van der Waals surface area contributed by atoms with Crippen LogP contribution < -0.4 is 37.6 Å². The van der Waals surface area contributed by atoms with Crippen molar-refractivity contribution in [3.8, 4) is 0 Å². The molecule has 0 rings (SSSR count). The number of nitrogens with two attached hydrogens (primary N) is 1. The van der Waals surface area contributed by atoms with E-state index in [0.717, 1.165) is 13.8 Å². The molecular formula is C26H47N7O12. The van der Waals surface area contributed by atoms with Crippen molar-refractivity contribution >= 4 is 41.4 Å². The summed E-state index contributed by atoms with van der Waals surface area (Å²) in [6, 6.07) is -8.99. The maximum atomic E-state index is 12.9. The predicted octanol–water partition coefficient (Wildman–Crippen LogP) is -5.86. The zero-order valence-corrected chi connectivity index (χ0v) is 26.1. The summed E-state index contributed by atoms with van der Waals surface area (Å²) in [6.45, 7) is 6.60. The molecule has 0 aliphatic carbocycles. The number of nitrogens with one attached hydrogen (secondary N) is 6. The first-order valence-corrected chi connectivity index (χ1v) is 14.1. The van der Waals surface area contributed by atoms with Crippen LogP contribution in [0.2, 0.25) is 0 Å². The molecule has 258 valence electrons. The number of carboxylic acids is 1. The Hall–Kier alpha value is -3.91. The van der Waals surface area contributed by atoms with Gasteiger partial charge in [0.15, 0.2) is 0 Å². The highest BCUT2D eigenvalue weighted by atomic mass is 16.4. The van der Waals surface area contributed by atoms with Gasteiger partial charge in [0, 0.05) is 0 Å². The van der Waals surface area contributed by atoms with Crippen molar-refractivity contribution in [3.05, 3.63) is 0 Å². The van der Waals surface area contributed by atoms with Gasteiger partial charge in [0.05, 0.1) is 24.9 Å². The van der Waals surface area contributed by atoms with Gasteiger partial charge in [-0.05, 0) is 40.0 Å². The molecule has 0 heterocycles. The van der Waals surface area contributed by atoms with Crippen LogP contribution in [0.15, 0.2) is 0 Å². The van der Waals surface area contributed by atoms with E-state index >= 15 is 0 Å². The molecule has 19 nitrogen and oxygen atoms in total. The van der Waals surface area contributed by atoms with Crippen molar-refractivity contribution in [2.45, 2.75) is 103 Å². The molecule has 0 aromatic carbocycles. The first-order chi connectivity index (χ1) is 20.7. The van der Waals surface area contributed by atoms with E-state index in [1.165, 1.54) is 13.8 Å². The normalized spacial score (nSPS) is 17.2. The summed E-state index contributed by atoms with van der Waals surface area (Å²) in [5, 5.41) is 61.3. The molecule has 13 N–H and O–H groups in total. The van der Waals surface area contributed by atoms with E-state index in [1.54, 1.807) is 13.8 Å². The molecular weight excluding hydrogens is 602 g/mol. The van der Waals surface area contributed by atoms with Gasteiger partial charge in [-0.1, -0.05) is 13.8 Å². The monoisotopic (exact) mass is 649 g/mol. The zero-order chi connectivity index (χ0) is 35.2. The lowest BCUT2D eigenvalue weighted by molar-refractivity contribution is -0.139. The second-order valence-corrected chi connectivity index (χ2v) is 11.0. The van der Waals surface area contributed by atoms with E-state index in [9.17, 15) is 54.0 Å². The summed E-state index contributed by atoms with van der Waals surface area (Å²) in [6.07, 6.45) is -4.21. The first kappa shape index (κ1) is 41.1. The fraction of sp³-hybridized carbons (Fsp3) is 0.731. The van der Waals surface area contributed by atoms with Gasteiger partial charge >= 0.3 is 5.97 Å². The Bertz CT molecular complexity index is 1050. The minimum absolute atomic E-state index is 0.0838. The quantitative estimate of drug-likeness (QED) is 0.0621. The maximum Gasteiger partial charge on any atom is 0.322 e. The van der Waals surface area contributed by atoms with Gasteiger partial charge in [0.2, 0.25) is 35.4 Å². The number of rotatable bonds is 19. The molecule has 0 saturated heterocycles. The van der Waals surface area contributed by atoms with Gasteiger partial charge in [-0.15, -0.1) is 0 Å². The molecule has 0 aliphatic rings. The van der Waals surface area contributed by atoms with Crippen LogP contribution in [0.3, 0.4) is 0 Å². The van der Waals surface area contributed by atoms with E-state index in [0.29, 0.717) is 0 Å². The number of carboxylic acid groups (broad SMARTS) is 1. The molecule has 9 atom stereocenters. The largest absolute Gasteiger partial charge is 0.480 e. The molecule has 0 saturated carbocycles.